The molecule has 11 heteroatoms. The molecule has 0 atom stereocenters. The number of benzene rings is 2. The van der Waals surface area contributed by atoms with Gasteiger partial charge in [-0.1, -0.05) is 42.2 Å². The van der Waals surface area contributed by atoms with Gasteiger partial charge in [0.2, 0.25) is 15.9 Å². The molecule has 2 aromatic rings. The number of hydrogen-bond donors (Lipinski definition) is 2. The second-order valence-corrected chi connectivity index (χ2v) is 9.68. The Balaban J connectivity index is 1.61. The molecule has 0 spiro atoms. The minimum absolute atomic E-state index is 0.0192. The molecule has 0 radical (unpaired) electrons. The number of carbonyl (C=O) groups is 2. The lowest BCUT2D eigenvalue weighted by Crippen LogP contribution is -2.31. The fraction of sp³-hybridized carbons (Fsp3) is 0.150. The van der Waals surface area contributed by atoms with Gasteiger partial charge in [-0.2, -0.15) is 0 Å². The van der Waals surface area contributed by atoms with E-state index in [-0.39, 0.29) is 29.7 Å². The molecule has 0 unspecified atom stereocenters. The summed E-state index contributed by atoms with van der Waals surface area (Å²) in [4.78, 5) is 26.8. The number of primary sulfonamides is 1. The molecule has 0 bridgehead atoms. The number of amides is 2. The van der Waals surface area contributed by atoms with Crippen LogP contribution in [0.25, 0.3) is 6.08 Å². The molecular formula is C20H19N3O5S3. The number of sulfonamides is 1. The Morgan fingerprint density at radius 3 is 2.55 bits per heavy atom. The van der Waals surface area contributed by atoms with E-state index in [9.17, 15) is 18.0 Å². The SMILES string of the molecule is COc1ccccc1C=C1SC(=S)N(CCC(=O)Nc2ccc(S(N)(=O)=O)cc2)C1=O. The fourth-order valence-electron chi connectivity index (χ4n) is 2.78. The van der Waals surface area contributed by atoms with Gasteiger partial charge in [-0.15, -0.1) is 0 Å². The number of hydrogen-bond acceptors (Lipinski definition) is 7. The van der Waals surface area contributed by atoms with Crippen molar-refractivity contribution in [2.24, 2.45) is 5.14 Å². The molecule has 1 saturated heterocycles. The van der Waals surface area contributed by atoms with E-state index in [1.807, 2.05) is 18.2 Å². The highest BCUT2D eigenvalue weighted by Crippen LogP contribution is 2.34. The van der Waals surface area contributed by atoms with Crippen molar-refractivity contribution in [3.05, 3.63) is 59.0 Å². The number of carbonyl (C=O) groups excluding carboxylic acids is 2. The summed E-state index contributed by atoms with van der Waals surface area (Å²) in [5, 5.41) is 7.70. The van der Waals surface area contributed by atoms with Gasteiger partial charge in [-0.25, -0.2) is 13.6 Å². The third kappa shape index (κ3) is 5.70. The van der Waals surface area contributed by atoms with Crippen molar-refractivity contribution >= 4 is 61.9 Å². The third-order valence-electron chi connectivity index (χ3n) is 4.33. The van der Waals surface area contributed by atoms with Gasteiger partial charge in [0.15, 0.2) is 0 Å². The first-order valence-corrected chi connectivity index (χ1v) is 11.8. The molecule has 0 saturated carbocycles. The van der Waals surface area contributed by atoms with Crippen LogP contribution < -0.4 is 15.2 Å². The van der Waals surface area contributed by atoms with Gasteiger partial charge in [-0.3, -0.25) is 14.5 Å². The van der Waals surface area contributed by atoms with Crippen LogP contribution in [0.4, 0.5) is 5.69 Å². The van der Waals surface area contributed by atoms with Gasteiger partial charge < -0.3 is 10.1 Å². The molecule has 162 valence electrons. The molecule has 3 N–H and O–H groups in total. The summed E-state index contributed by atoms with van der Waals surface area (Å²) in [5.74, 6) is 0.0259. The normalized spacial score (nSPS) is 15.4. The summed E-state index contributed by atoms with van der Waals surface area (Å²) < 4.78 is 28.2. The van der Waals surface area contributed by atoms with Gasteiger partial charge in [-0.05, 0) is 36.4 Å². The quantitative estimate of drug-likeness (QED) is 0.465. The van der Waals surface area contributed by atoms with E-state index in [1.54, 1.807) is 19.3 Å². The Hall–Kier alpha value is -2.73. The molecular weight excluding hydrogens is 458 g/mol. The maximum Gasteiger partial charge on any atom is 0.266 e. The summed E-state index contributed by atoms with van der Waals surface area (Å²) in [6.45, 7) is 0.120. The predicted molar refractivity (Wildman–Crippen MR) is 124 cm³/mol. The Morgan fingerprint density at radius 1 is 1.23 bits per heavy atom. The molecule has 2 amide bonds. The molecule has 1 heterocycles. The Bertz CT molecular complexity index is 1160. The monoisotopic (exact) mass is 477 g/mol. The van der Waals surface area contributed by atoms with Crippen LogP contribution >= 0.6 is 24.0 Å². The van der Waals surface area contributed by atoms with Gasteiger partial charge >= 0.3 is 0 Å². The van der Waals surface area contributed by atoms with Gasteiger partial charge in [0.1, 0.15) is 10.1 Å². The van der Waals surface area contributed by atoms with Crippen LogP contribution in [0, 0.1) is 0 Å². The number of nitrogens with one attached hydrogen (secondary N) is 1. The van der Waals surface area contributed by atoms with Crippen LogP contribution in [0.5, 0.6) is 5.75 Å². The van der Waals surface area contributed by atoms with Crippen molar-refractivity contribution in [3.8, 4) is 5.75 Å². The lowest BCUT2D eigenvalue weighted by molar-refractivity contribution is -0.122. The van der Waals surface area contributed by atoms with Crippen LogP contribution in [-0.4, -0.2) is 43.1 Å². The zero-order chi connectivity index (χ0) is 22.6. The highest BCUT2D eigenvalue weighted by molar-refractivity contribution is 8.26. The molecule has 8 nitrogen and oxygen atoms in total. The van der Waals surface area contributed by atoms with Gasteiger partial charge in [0.05, 0.1) is 16.9 Å². The Labute approximate surface area is 189 Å². The lowest BCUT2D eigenvalue weighted by atomic mass is 10.2. The van der Waals surface area contributed by atoms with Crippen molar-refractivity contribution in [1.29, 1.82) is 0 Å². The standard InChI is InChI=1S/C20H19N3O5S3/c1-28-16-5-3-2-4-13(16)12-17-19(25)23(20(29)30-17)11-10-18(24)22-14-6-8-15(9-7-14)31(21,26)27/h2-9,12H,10-11H2,1H3,(H,22,24)(H2,21,26,27). The van der Waals surface area contributed by atoms with Crippen LogP contribution in [0.15, 0.2) is 58.3 Å². The van der Waals surface area contributed by atoms with E-state index in [0.717, 1.165) is 5.56 Å². The average molecular weight is 478 g/mol. The van der Waals surface area contributed by atoms with E-state index >= 15 is 0 Å². The highest BCUT2D eigenvalue weighted by Gasteiger charge is 2.32. The number of para-hydroxylation sites is 1. The summed E-state index contributed by atoms with van der Waals surface area (Å²) >= 11 is 6.47. The van der Waals surface area contributed by atoms with Crippen LogP contribution in [0.3, 0.4) is 0 Å². The number of rotatable bonds is 7. The fourth-order valence-corrected chi connectivity index (χ4v) is 4.60. The Kier molecular flexibility index (Phi) is 7.11. The molecule has 1 aliphatic rings. The summed E-state index contributed by atoms with van der Waals surface area (Å²) in [6, 6.07) is 12.8. The molecule has 31 heavy (non-hydrogen) atoms. The second-order valence-electron chi connectivity index (χ2n) is 6.44. The minimum Gasteiger partial charge on any atom is -0.496 e. The minimum atomic E-state index is -3.80. The molecule has 2 aromatic carbocycles. The highest BCUT2D eigenvalue weighted by atomic mass is 32.2. The number of thioether (sulfide) groups is 1. The number of nitrogens with two attached hydrogens (primary N) is 1. The first kappa shape index (κ1) is 22.9. The molecule has 1 aliphatic heterocycles. The first-order chi connectivity index (χ1) is 14.7. The van der Waals surface area contributed by atoms with Crippen LogP contribution in [0.1, 0.15) is 12.0 Å². The zero-order valence-electron chi connectivity index (χ0n) is 16.4. The zero-order valence-corrected chi connectivity index (χ0v) is 18.9. The number of nitrogens with zero attached hydrogens (tertiary/aromatic N) is 1. The van der Waals surface area contributed by atoms with E-state index < -0.39 is 10.0 Å². The predicted octanol–water partition coefficient (Wildman–Crippen LogP) is 2.57. The van der Waals surface area contributed by atoms with Crippen molar-refractivity contribution in [2.75, 3.05) is 19.0 Å². The maximum absolute atomic E-state index is 12.7. The second kappa shape index (κ2) is 9.60. The van der Waals surface area contributed by atoms with Gasteiger partial charge in [0, 0.05) is 24.2 Å². The molecule has 0 aliphatic carbocycles. The lowest BCUT2D eigenvalue weighted by Gasteiger charge is -2.14. The number of thiocarbonyl (C=S) groups is 1. The van der Waals surface area contributed by atoms with E-state index in [2.05, 4.69) is 5.32 Å². The van der Waals surface area contributed by atoms with Crippen LogP contribution in [-0.2, 0) is 19.6 Å². The molecule has 0 aromatic heterocycles. The van der Waals surface area contributed by atoms with E-state index in [0.29, 0.717) is 20.7 Å². The van der Waals surface area contributed by atoms with Gasteiger partial charge in [0.25, 0.3) is 5.91 Å². The van der Waals surface area contributed by atoms with E-state index in [4.69, 9.17) is 22.1 Å². The topological polar surface area (TPSA) is 119 Å². The third-order valence-corrected chi connectivity index (χ3v) is 6.64. The first-order valence-electron chi connectivity index (χ1n) is 9.00. The summed E-state index contributed by atoms with van der Waals surface area (Å²) in [6.07, 6.45) is 1.73. The number of anilines is 1. The van der Waals surface area contributed by atoms with Crippen molar-refractivity contribution in [3.63, 3.8) is 0 Å². The maximum atomic E-state index is 12.7. The van der Waals surface area contributed by atoms with E-state index in [1.165, 1.54) is 40.9 Å². The molecule has 3 rings (SSSR count). The van der Waals surface area contributed by atoms with Crippen molar-refractivity contribution < 1.29 is 22.7 Å². The average Bonchev–Trinajstić information content (AvgIpc) is 2.99. The van der Waals surface area contributed by atoms with Crippen molar-refractivity contribution in [1.82, 2.24) is 4.90 Å². The largest absolute Gasteiger partial charge is 0.496 e. The molecule has 1 fully saturated rings. The summed E-state index contributed by atoms with van der Waals surface area (Å²) in [7, 11) is -2.25. The van der Waals surface area contributed by atoms with Crippen LogP contribution in [0.2, 0.25) is 0 Å². The Morgan fingerprint density at radius 2 is 1.90 bits per heavy atom. The number of ether oxygens (including phenoxy) is 1. The smallest absolute Gasteiger partial charge is 0.266 e. The van der Waals surface area contributed by atoms with Crippen molar-refractivity contribution in [2.45, 2.75) is 11.3 Å². The summed E-state index contributed by atoms with van der Waals surface area (Å²) in [5.41, 5.74) is 1.17. The number of methoxy groups -OCH3 is 1.